The van der Waals surface area contributed by atoms with E-state index in [1.165, 1.54) is 0 Å². The van der Waals surface area contributed by atoms with E-state index in [9.17, 15) is 9.90 Å². The van der Waals surface area contributed by atoms with Crippen LogP contribution >= 0.6 is 0 Å². The SMILES string of the molecule is Cc1ccc2ccc(C=CC3(C(=O)O)CCC(O[Si](C)(C)C(C)(C)C)CC3)cc2n1. The van der Waals surface area contributed by atoms with Crippen LogP contribution in [0.5, 0.6) is 0 Å². The van der Waals surface area contributed by atoms with Gasteiger partial charge in [-0.25, -0.2) is 0 Å². The zero-order valence-corrected chi connectivity index (χ0v) is 20.2. The van der Waals surface area contributed by atoms with Crippen LogP contribution in [-0.2, 0) is 9.22 Å². The third-order valence-corrected chi connectivity index (χ3v) is 11.5. The first-order valence-corrected chi connectivity index (χ1v) is 13.8. The monoisotopic (exact) mass is 425 g/mol. The molecule has 0 atom stereocenters. The van der Waals surface area contributed by atoms with Crippen LogP contribution in [0.2, 0.25) is 18.1 Å². The number of carboxylic acid groups (broad SMARTS) is 1. The molecule has 1 fully saturated rings. The zero-order valence-electron chi connectivity index (χ0n) is 19.2. The predicted octanol–water partition coefficient (Wildman–Crippen LogP) is 6.59. The van der Waals surface area contributed by atoms with Crippen molar-refractivity contribution in [3.63, 3.8) is 0 Å². The third kappa shape index (κ3) is 4.84. The Kier molecular flexibility index (Phi) is 6.26. The lowest BCUT2D eigenvalue weighted by molar-refractivity contribution is -0.148. The van der Waals surface area contributed by atoms with Crippen LogP contribution in [-0.4, -0.2) is 30.5 Å². The van der Waals surface area contributed by atoms with Gasteiger partial charge >= 0.3 is 5.97 Å². The van der Waals surface area contributed by atoms with Gasteiger partial charge in [0.2, 0.25) is 0 Å². The molecule has 162 valence electrons. The minimum absolute atomic E-state index is 0.163. The van der Waals surface area contributed by atoms with Gasteiger partial charge in [0.25, 0.3) is 0 Å². The average molecular weight is 426 g/mol. The lowest BCUT2D eigenvalue weighted by atomic mass is 9.73. The van der Waals surface area contributed by atoms with Gasteiger partial charge < -0.3 is 9.53 Å². The molecule has 0 radical (unpaired) electrons. The van der Waals surface area contributed by atoms with Crippen molar-refractivity contribution in [3.05, 3.63) is 47.7 Å². The Hall–Kier alpha value is -1.98. The smallest absolute Gasteiger partial charge is 0.313 e. The van der Waals surface area contributed by atoms with E-state index in [0.29, 0.717) is 12.8 Å². The molecule has 1 heterocycles. The number of aryl methyl sites for hydroxylation is 1. The first-order chi connectivity index (χ1) is 13.9. The van der Waals surface area contributed by atoms with Gasteiger partial charge in [0, 0.05) is 17.2 Å². The molecule has 1 aromatic heterocycles. The molecule has 0 saturated heterocycles. The highest BCUT2D eigenvalue weighted by Gasteiger charge is 2.44. The molecule has 3 rings (SSSR count). The number of aromatic nitrogens is 1. The first-order valence-electron chi connectivity index (χ1n) is 10.9. The van der Waals surface area contributed by atoms with Crippen LogP contribution in [0.1, 0.15) is 57.7 Å². The van der Waals surface area contributed by atoms with Gasteiger partial charge in [-0.1, -0.05) is 51.1 Å². The van der Waals surface area contributed by atoms with Crippen molar-refractivity contribution in [2.45, 2.75) is 77.6 Å². The molecule has 1 aliphatic carbocycles. The molecule has 4 nitrogen and oxygen atoms in total. The second-order valence-corrected chi connectivity index (χ2v) is 15.0. The molecule has 2 aromatic rings. The van der Waals surface area contributed by atoms with Gasteiger partial charge in [-0.15, -0.1) is 0 Å². The summed E-state index contributed by atoms with van der Waals surface area (Å²) in [6, 6.07) is 10.2. The number of benzene rings is 1. The minimum Gasteiger partial charge on any atom is -0.481 e. The van der Waals surface area contributed by atoms with Crippen LogP contribution in [0.4, 0.5) is 0 Å². The quantitative estimate of drug-likeness (QED) is 0.549. The van der Waals surface area contributed by atoms with E-state index in [-0.39, 0.29) is 11.1 Å². The van der Waals surface area contributed by atoms with Gasteiger partial charge in [-0.3, -0.25) is 9.78 Å². The fraction of sp³-hybridized carbons (Fsp3) is 0.520. The summed E-state index contributed by atoms with van der Waals surface area (Å²) in [5.74, 6) is -0.737. The van der Waals surface area contributed by atoms with Crippen molar-refractivity contribution < 1.29 is 14.3 Å². The second kappa shape index (κ2) is 8.27. The second-order valence-electron chi connectivity index (χ2n) is 10.3. The number of carboxylic acids is 1. The van der Waals surface area contributed by atoms with Crippen LogP contribution in [0.25, 0.3) is 17.0 Å². The fourth-order valence-corrected chi connectivity index (χ4v) is 5.29. The maximum absolute atomic E-state index is 12.2. The minimum atomic E-state index is -1.84. The molecular formula is C25H35NO3Si. The Morgan fingerprint density at radius 1 is 1.20 bits per heavy atom. The van der Waals surface area contributed by atoms with E-state index in [1.54, 1.807) is 0 Å². The predicted molar refractivity (Wildman–Crippen MR) is 126 cm³/mol. The summed E-state index contributed by atoms with van der Waals surface area (Å²) in [6.45, 7) is 13.2. The maximum Gasteiger partial charge on any atom is 0.313 e. The maximum atomic E-state index is 12.2. The lowest BCUT2D eigenvalue weighted by Crippen LogP contribution is -2.46. The van der Waals surface area contributed by atoms with Gasteiger partial charge in [0.1, 0.15) is 0 Å². The molecular weight excluding hydrogens is 390 g/mol. The molecule has 1 N–H and O–H groups in total. The summed E-state index contributed by atoms with van der Waals surface area (Å²) in [5.41, 5.74) is 2.09. The summed E-state index contributed by atoms with van der Waals surface area (Å²) >= 11 is 0. The van der Waals surface area contributed by atoms with Crippen molar-refractivity contribution >= 4 is 31.3 Å². The normalized spacial score (nSPS) is 23.2. The Morgan fingerprint density at radius 3 is 2.43 bits per heavy atom. The van der Waals surface area contributed by atoms with Crippen LogP contribution in [0, 0.1) is 12.3 Å². The van der Waals surface area contributed by atoms with E-state index in [1.807, 2.05) is 43.3 Å². The molecule has 1 aromatic carbocycles. The van der Waals surface area contributed by atoms with Crippen molar-refractivity contribution in [1.29, 1.82) is 0 Å². The average Bonchev–Trinajstić information content (AvgIpc) is 2.66. The topological polar surface area (TPSA) is 59.4 Å². The number of hydrogen-bond acceptors (Lipinski definition) is 3. The highest BCUT2D eigenvalue weighted by Crippen LogP contribution is 2.43. The number of hydrogen-bond donors (Lipinski definition) is 1. The third-order valence-electron chi connectivity index (χ3n) is 6.97. The van der Waals surface area contributed by atoms with Crippen molar-refractivity contribution in [2.24, 2.45) is 5.41 Å². The van der Waals surface area contributed by atoms with Gasteiger partial charge in [0.05, 0.1) is 10.9 Å². The molecule has 1 saturated carbocycles. The van der Waals surface area contributed by atoms with Gasteiger partial charge in [0.15, 0.2) is 8.32 Å². The highest BCUT2D eigenvalue weighted by molar-refractivity contribution is 6.74. The van der Waals surface area contributed by atoms with Crippen molar-refractivity contribution in [2.75, 3.05) is 0 Å². The lowest BCUT2D eigenvalue weighted by Gasteiger charge is -2.42. The molecule has 0 unspecified atom stereocenters. The fourth-order valence-electron chi connectivity index (χ4n) is 3.87. The number of carbonyl (C=O) groups is 1. The van der Waals surface area contributed by atoms with Crippen LogP contribution in [0.3, 0.4) is 0 Å². The Morgan fingerprint density at radius 2 is 1.83 bits per heavy atom. The molecule has 5 heteroatoms. The Balaban J connectivity index is 1.74. The summed E-state index contributed by atoms with van der Waals surface area (Å²) < 4.78 is 6.55. The summed E-state index contributed by atoms with van der Waals surface area (Å²) in [4.78, 5) is 16.8. The van der Waals surface area contributed by atoms with E-state index in [2.05, 4.69) is 44.9 Å². The molecule has 0 bridgehead atoms. The Labute approximate surface area is 181 Å². The van der Waals surface area contributed by atoms with E-state index in [4.69, 9.17) is 4.43 Å². The van der Waals surface area contributed by atoms with Crippen molar-refractivity contribution in [3.8, 4) is 0 Å². The first kappa shape index (κ1) is 22.7. The Bertz CT molecular complexity index is 951. The van der Waals surface area contributed by atoms with Crippen LogP contribution < -0.4 is 0 Å². The summed E-state index contributed by atoms with van der Waals surface area (Å²) in [6.07, 6.45) is 6.83. The van der Waals surface area contributed by atoms with E-state index < -0.39 is 19.7 Å². The zero-order chi connectivity index (χ0) is 22.2. The number of aliphatic carboxylic acids is 1. The number of rotatable bonds is 5. The highest BCUT2D eigenvalue weighted by atomic mass is 28.4. The molecule has 0 aliphatic heterocycles. The molecule has 1 aliphatic rings. The van der Waals surface area contributed by atoms with E-state index in [0.717, 1.165) is 35.0 Å². The standard InChI is InChI=1S/C25H35NO3Si/c1-18-7-9-20-10-8-19(17-22(20)26-18)11-14-25(23(27)28)15-12-21(13-16-25)29-30(5,6)24(2,3)4/h7-11,14,17,21H,12-13,15-16H2,1-6H3,(H,27,28). The molecule has 30 heavy (non-hydrogen) atoms. The number of fused-ring (bicyclic) bond motifs is 1. The number of pyridine rings is 1. The van der Waals surface area contributed by atoms with Crippen molar-refractivity contribution in [1.82, 2.24) is 4.98 Å². The van der Waals surface area contributed by atoms with Gasteiger partial charge in [-0.2, -0.15) is 0 Å². The number of nitrogens with zero attached hydrogens (tertiary/aromatic N) is 1. The van der Waals surface area contributed by atoms with E-state index >= 15 is 0 Å². The summed E-state index contributed by atoms with van der Waals surface area (Å²) in [5, 5.41) is 11.3. The summed E-state index contributed by atoms with van der Waals surface area (Å²) in [7, 11) is -1.84. The molecule has 0 amide bonds. The molecule has 0 spiro atoms. The largest absolute Gasteiger partial charge is 0.481 e. The van der Waals surface area contributed by atoms with Crippen LogP contribution in [0.15, 0.2) is 36.4 Å². The van der Waals surface area contributed by atoms with Gasteiger partial charge in [-0.05, 0) is 68.4 Å².